The molecule has 0 unspecified atom stereocenters. The number of hydrogen-bond donors (Lipinski definition) is 0. The van der Waals surface area contributed by atoms with Crippen molar-refractivity contribution in [3.8, 4) is 6.07 Å². The van der Waals surface area contributed by atoms with Crippen molar-refractivity contribution in [1.29, 1.82) is 5.26 Å². The standard InChI is InChI=1S/C15H27NO2/c1-4-5-6-7-9-13-12-14(10-8-11-16)18-15(2,3)17-13/h13-14H,4-10,12H2,1-3H3/t13-,14-/m0/s1. The van der Waals surface area contributed by atoms with Gasteiger partial charge in [-0.2, -0.15) is 5.26 Å². The van der Waals surface area contributed by atoms with Gasteiger partial charge in [-0.1, -0.05) is 32.6 Å². The molecule has 1 heterocycles. The zero-order valence-corrected chi connectivity index (χ0v) is 12.1. The highest BCUT2D eigenvalue weighted by molar-refractivity contribution is 4.80. The smallest absolute Gasteiger partial charge is 0.163 e. The molecular weight excluding hydrogens is 226 g/mol. The third kappa shape index (κ3) is 5.84. The van der Waals surface area contributed by atoms with Crippen molar-refractivity contribution in [2.45, 2.75) is 90.1 Å². The van der Waals surface area contributed by atoms with Gasteiger partial charge >= 0.3 is 0 Å². The molecule has 0 aromatic carbocycles. The molecule has 0 bridgehead atoms. The van der Waals surface area contributed by atoms with Crippen LogP contribution in [0.15, 0.2) is 0 Å². The average molecular weight is 253 g/mol. The summed E-state index contributed by atoms with van der Waals surface area (Å²) in [7, 11) is 0. The van der Waals surface area contributed by atoms with E-state index < -0.39 is 5.79 Å². The predicted octanol–water partition coefficient (Wildman–Crippen LogP) is 4.17. The molecule has 3 nitrogen and oxygen atoms in total. The van der Waals surface area contributed by atoms with Gasteiger partial charge in [-0.15, -0.1) is 0 Å². The Morgan fingerprint density at radius 1 is 1.11 bits per heavy atom. The van der Waals surface area contributed by atoms with E-state index in [2.05, 4.69) is 13.0 Å². The first-order valence-corrected chi connectivity index (χ1v) is 7.30. The molecule has 0 spiro atoms. The summed E-state index contributed by atoms with van der Waals surface area (Å²) in [6.45, 7) is 6.18. The van der Waals surface area contributed by atoms with Gasteiger partial charge in [0.2, 0.25) is 0 Å². The first kappa shape index (κ1) is 15.5. The molecular formula is C15H27NO2. The lowest BCUT2D eigenvalue weighted by Gasteiger charge is -2.41. The fourth-order valence-electron chi connectivity index (χ4n) is 2.60. The van der Waals surface area contributed by atoms with Crippen LogP contribution in [-0.4, -0.2) is 18.0 Å². The lowest BCUT2D eigenvalue weighted by atomic mass is 9.99. The second-order valence-electron chi connectivity index (χ2n) is 5.66. The Morgan fingerprint density at radius 3 is 2.39 bits per heavy atom. The number of unbranched alkanes of at least 4 members (excludes halogenated alkanes) is 3. The second-order valence-corrected chi connectivity index (χ2v) is 5.66. The van der Waals surface area contributed by atoms with Crippen LogP contribution < -0.4 is 0 Å². The van der Waals surface area contributed by atoms with E-state index >= 15 is 0 Å². The maximum Gasteiger partial charge on any atom is 0.163 e. The Morgan fingerprint density at radius 2 is 1.78 bits per heavy atom. The summed E-state index contributed by atoms with van der Waals surface area (Å²) in [5.74, 6) is -0.492. The minimum Gasteiger partial charge on any atom is -0.347 e. The van der Waals surface area contributed by atoms with Crippen LogP contribution in [0.3, 0.4) is 0 Å². The largest absolute Gasteiger partial charge is 0.347 e. The third-order valence-electron chi connectivity index (χ3n) is 3.38. The van der Waals surface area contributed by atoms with E-state index in [1.54, 1.807) is 0 Å². The summed E-state index contributed by atoms with van der Waals surface area (Å²) >= 11 is 0. The fourth-order valence-corrected chi connectivity index (χ4v) is 2.60. The SMILES string of the molecule is CCCCCC[C@H]1C[C@H](CCC#N)OC(C)(C)O1. The molecule has 0 saturated carbocycles. The first-order valence-electron chi connectivity index (χ1n) is 7.30. The molecule has 3 heteroatoms. The lowest BCUT2D eigenvalue weighted by Crippen LogP contribution is -2.44. The number of hydrogen-bond acceptors (Lipinski definition) is 3. The van der Waals surface area contributed by atoms with Gasteiger partial charge < -0.3 is 9.47 Å². The maximum atomic E-state index is 8.66. The van der Waals surface area contributed by atoms with Crippen molar-refractivity contribution in [1.82, 2.24) is 0 Å². The molecule has 18 heavy (non-hydrogen) atoms. The molecule has 1 fully saturated rings. The number of nitriles is 1. The quantitative estimate of drug-likeness (QED) is 0.639. The molecule has 1 saturated heterocycles. The van der Waals surface area contributed by atoms with Crippen molar-refractivity contribution in [2.24, 2.45) is 0 Å². The zero-order valence-electron chi connectivity index (χ0n) is 12.1. The van der Waals surface area contributed by atoms with Crippen LogP contribution in [0, 0.1) is 11.3 Å². The van der Waals surface area contributed by atoms with E-state index in [-0.39, 0.29) is 6.10 Å². The summed E-state index contributed by atoms with van der Waals surface area (Å²) in [6.07, 6.45) is 9.06. The Labute approximate surface area is 111 Å². The van der Waals surface area contributed by atoms with Gasteiger partial charge in [-0.05, 0) is 26.7 Å². The van der Waals surface area contributed by atoms with Gasteiger partial charge in [0.05, 0.1) is 18.3 Å². The van der Waals surface area contributed by atoms with Gasteiger partial charge in [0, 0.05) is 12.8 Å². The molecule has 0 aromatic heterocycles. The van der Waals surface area contributed by atoms with Crippen LogP contribution >= 0.6 is 0 Å². The Bertz CT molecular complexity index is 270. The number of ether oxygens (including phenoxy) is 2. The van der Waals surface area contributed by atoms with Crippen molar-refractivity contribution in [3.05, 3.63) is 0 Å². The summed E-state index contributed by atoms with van der Waals surface area (Å²) in [4.78, 5) is 0. The molecule has 2 atom stereocenters. The minimum absolute atomic E-state index is 0.185. The molecule has 0 aromatic rings. The highest BCUT2D eigenvalue weighted by Crippen LogP contribution is 2.31. The Kier molecular flexibility index (Phi) is 6.67. The summed E-state index contributed by atoms with van der Waals surface area (Å²) in [5, 5.41) is 8.66. The average Bonchev–Trinajstić information content (AvgIpc) is 2.30. The van der Waals surface area contributed by atoms with Crippen molar-refractivity contribution in [3.63, 3.8) is 0 Å². The van der Waals surface area contributed by atoms with Crippen molar-refractivity contribution < 1.29 is 9.47 Å². The highest BCUT2D eigenvalue weighted by Gasteiger charge is 2.34. The molecule has 1 rings (SSSR count). The van der Waals surface area contributed by atoms with Crippen LogP contribution in [0.4, 0.5) is 0 Å². The van der Waals surface area contributed by atoms with E-state index in [0.717, 1.165) is 19.3 Å². The second kappa shape index (κ2) is 7.76. The van der Waals surface area contributed by atoms with Crippen LogP contribution in [0.5, 0.6) is 0 Å². The van der Waals surface area contributed by atoms with Gasteiger partial charge in [-0.3, -0.25) is 0 Å². The molecule has 1 aliphatic rings. The van der Waals surface area contributed by atoms with Crippen LogP contribution in [0.25, 0.3) is 0 Å². The van der Waals surface area contributed by atoms with E-state index in [4.69, 9.17) is 14.7 Å². The molecule has 0 N–H and O–H groups in total. The van der Waals surface area contributed by atoms with Crippen molar-refractivity contribution >= 4 is 0 Å². The van der Waals surface area contributed by atoms with Crippen LogP contribution in [-0.2, 0) is 9.47 Å². The number of nitrogens with zero attached hydrogens (tertiary/aromatic N) is 1. The Balaban J connectivity index is 2.35. The van der Waals surface area contributed by atoms with E-state index in [1.165, 1.54) is 25.7 Å². The highest BCUT2D eigenvalue weighted by atomic mass is 16.7. The predicted molar refractivity (Wildman–Crippen MR) is 72.0 cm³/mol. The molecule has 104 valence electrons. The molecule has 0 amide bonds. The van der Waals surface area contributed by atoms with Gasteiger partial charge in [0.1, 0.15) is 0 Å². The van der Waals surface area contributed by atoms with Gasteiger partial charge in [0.25, 0.3) is 0 Å². The normalized spacial score (nSPS) is 26.8. The summed E-state index contributed by atoms with van der Waals surface area (Å²) < 4.78 is 11.8. The zero-order chi connectivity index (χ0) is 13.4. The fraction of sp³-hybridized carbons (Fsp3) is 0.933. The monoisotopic (exact) mass is 253 g/mol. The topological polar surface area (TPSA) is 42.2 Å². The lowest BCUT2D eigenvalue weighted by molar-refractivity contribution is -0.301. The minimum atomic E-state index is -0.492. The summed E-state index contributed by atoms with van der Waals surface area (Å²) in [6, 6.07) is 2.20. The maximum absolute atomic E-state index is 8.66. The first-order chi connectivity index (χ1) is 8.57. The van der Waals surface area contributed by atoms with E-state index in [9.17, 15) is 0 Å². The molecule has 1 aliphatic heterocycles. The van der Waals surface area contributed by atoms with E-state index in [1.807, 2.05) is 13.8 Å². The van der Waals surface area contributed by atoms with E-state index in [0.29, 0.717) is 12.5 Å². The number of rotatable bonds is 7. The Hall–Kier alpha value is -0.590. The van der Waals surface area contributed by atoms with Crippen LogP contribution in [0.2, 0.25) is 0 Å². The van der Waals surface area contributed by atoms with Crippen molar-refractivity contribution in [2.75, 3.05) is 0 Å². The molecule has 0 aliphatic carbocycles. The van der Waals surface area contributed by atoms with Crippen LogP contribution in [0.1, 0.15) is 72.1 Å². The molecule has 0 radical (unpaired) electrons. The summed E-state index contributed by atoms with van der Waals surface area (Å²) in [5.41, 5.74) is 0. The van der Waals surface area contributed by atoms with Gasteiger partial charge in [-0.25, -0.2) is 0 Å². The third-order valence-corrected chi connectivity index (χ3v) is 3.38. The van der Waals surface area contributed by atoms with Gasteiger partial charge in [0.15, 0.2) is 5.79 Å².